The van der Waals surface area contributed by atoms with Crippen molar-refractivity contribution < 1.29 is 19.0 Å². The molecule has 0 saturated carbocycles. The fourth-order valence-electron chi connectivity index (χ4n) is 3.29. The molecule has 4 rings (SSSR count). The molecule has 0 spiro atoms. The number of nitrogens with one attached hydrogen (secondary N) is 1. The van der Waals surface area contributed by atoms with Crippen LogP contribution in [0.15, 0.2) is 72.8 Å². The van der Waals surface area contributed by atoms with E-state index in [1.807, 2.05) is 79.7 Å². The maximum absolute atomic E-state index is 12.4. The Kier molecular flexibility index (Phi) is 5.66. The second-order valence-electron chi connectivity index (χ2n) is 6.84. The summed E-state index contributed by atoms with van der Waals surface area (Å²) in [4.78, 5) is 12.4. The average Bonchev–Trinajstić information content (AvgIpc) is 2.78. The van der Waals surface area contributed by atoms with Crippen molar-refractivity contribution in [2.24, 2.45) is 0 Å². The molecule has 5 nitrogen and oxygen atoms in total. The third kappa shape index (κ3) is 4.51. The maximum Gasteiger partial charge on any atom is 0.258 e. The summed E-state index contributed by atoms with van der Waals surface area (Å²) in [5.74, 6) is 1.94. The van der Waals surface area contributed by atoms with E-state index in [0.717, 1.165) is 22.4 Å². The molecule has 0 saturated heterocycles. The van der Waals surface area contributed by atoms with Crippen molar-refractivity contribution in [2.75, 3.05) is 19.8 Å². The van der Waals surface area contributed by atoms with Crippen LogP contribution in [0.2, 0.25) is 0 Å². The predicted molar refractivity (Wildman–Crippen MR) is 111 cm³/mol. The molecule has 0 radical (unpaired) electrons. The highest BCUT2D eigenvalue weighted by molar-refractivity contribution is 5.78. The molecule has 1 aliphatic heterocycles. The van der Waals surface area contributed by atoms with Gasteiger partial charge in [0.1, 0.15) is 19.0 Å². The van der Waals surface area contributed by atoms with Gasteiger partial charge in [-0.2, -0.15) is 0 Å². The summed E-state index contributed by atoms with van der Waals surface area (Å²) >= 11 is 0. The highest BCUT2D eigenvalue weighted by Gasteiger charge is 2.16. The Labute approximate surface area is 170 Å². The number of rotatable bonds is 6. The van der Waals surface area contributed by atoms with Gasteiger partial charge in [-0.15, -0.1) is 0 Å². The zero-order valence-corrected chi connectivity index (χ0v) is 16.3. The molecule has 0 fully saturated rings. The van der Waals surface area contributed by atoms with E-state index < -0.39 is 0 Å². The molecule has 5 heteroatoms. The van der Waals surface area contributed by atoms with Gasteiger partial charge in [-0.3, -0.25) is 4.79 Å². The Hall–Kier alpha value is -3.47. The summed E-state index contributed by atoms with van der Waals surface area (Å²) < 4.78 is 17.0. The van der Waals surface area contributed by atoms with E-state index in [9.17, 15) is 4.79 Å². The minimum atomic E-state index is -0.185. The van der Waals surface area contributed by atoms with E-state index in [-0.39, 0.29) is 18.6 Å². The zero-order chi connectivity index (χ0) is 20.1. The predicted octanol–water partition coefficient (Wildman–Crippen LogP) is 4.38. The van der Waals surface area contributed by atoms with Crippen molar-refractivity contribution in [3.05, 3.63) is 78.4 Å². The van der Waals surface area contributed by atoms with E-state index in [0.29, 0.717) is 24.7 Å². The number of fused-ring (bicyclic) bond motifs is 1. The van der Waals surface area contributed by atoms with Gasteiger partial charge in [0, 0.05) is 5.56 Å². The molecular weight excluding hydrogens is 366 g/mol. The number of carbonyl (C=O) groups excluding carboxylic acids is 1. The van der Waals surface area contributed by atoms with Crippen LogP contribution in [0.3, 0.4) is 0 Å². The van der Waals surface area contributed by atoms with E-state index in [2.05, 4.69) is 5.32 Å². The lowest BCUT2D eigenvalue weighted by atomic mass is 10.1. The number of hydrogen-bond donors (Lipinski definition) is 1. The maximum atomic E-state index is 12.4. The monoisotopic (exact) mass is 389 g/mol. The number of hydrogen-bond acceptors (Lipinski definition) is 4. The Morgan fingerprint density at radius 2 is 1.69 bits per heavy atom. The van der Waals surface area contributed by atoms with Crippen LogP contribution >= 0.6 is 0 Å². The summed E-state index contributed by atoms with van der Waals surface area (Å²) in [5, 5.41) is 2.97. The van der Waals surface area contributed by atoms with E-state index >= 15 is 0 Å². The Bertz CT molecular complexity index is 987. The molecule has 0 unspecified atom stereocenters. The highest BCUT2D eigenvalue weighted by atomic mass is 16.6. The van der Waals surface area contributed by atoms with Crippen LogP contribution in [-0.4, -0.2) is 25.7 Å². The average molecular weight is 389 g/mol. The van der Waals surface area contributed by atoms with Crippen LogP contribution in [0.1, 0.15) is 18.5 Å². The molecule has 1 heterocycles. The van der Waals surface area contributed by atoms with Gasteiger partial charge in [0.05, 0.1) is 6.04 Å². The number of benzene rings is 3. The Morgan fingerprint density at radius 1 is 0.966 bits per heavy atom. The van der Waals surface area contributed by atoms with E-state index in [1.54, 1.807) is 0 Å². The van der Waals surface area contributed by atoms with Crippen LogP contribution in [-0.2, 0) is 4.79 Å². The van der Waals surface area contributed by atoms with E-state index in [1.165, 1.54) is 0 Å². The van der Waals surface area contributed by atoms with Crippen LogP contribution in [0.5, 0.6) is 17.2 Å². The third-order valence-electron chi connectivity index (χ3n) is 4.77. The smallest absolute Gasteiger partial charge is 0.258 e. The molecular formula is C24H23NO4. The number of para-hydroxylation sites is 1. The minimum absolute atomic E-state index is 0.0568. The number of ether oxygens (including phenoxy) is 3. The van der Waals surface area contributed by atoms with Gasteiger partial charge < -0.3 is 19.5 Å². The van der Waals surface area contributed by atoms with Gasteiger partial charge >= 0.3 is 0 Å². The van der Waals surface area contributed by atoms with Crippen molar-refractivity contribution >= 4 is 5.91 Å². The lowest BCUT2D eigenvalue weighted by molar-refractivity contribution is -0.123. The molecule has 3 aromatic rings. The van der Waals surface area contributed by atoms with Crippen molar-refractivity contribution in [3.8, 4) is 28.4 Å². The summed E-state index contributed by atoms with van der Waals surface area (Å²) in [7, 11) is 0. The normalized spacial score (nSPS) is 13.4. The first kappa shape index (κ1) is 18.9. The largest absolute Gasteiger partial charge is 0.486 e. The quantitative estimate of drug-likeness (QED) is 0.680. The number of amides is 1. The molecule has 1 N–H and O–H groups in total. The third-order valence-corrected chi connectivity index (χ3v) is 4.77. The summed E-state index contributed by atoms with van der Waals surface area (Å²) in [6.07, 6.45) is 0. The Morgan fingerprint density at radius 3 is 2.52 bits per heavy atom. The topological polar surface area (TPSA) is 56.8 Å². The van der Waals surface area contributed by atoms with Gasteiger partial charge in [-0.1, -0.05) is 54.6 Å². The van der Waals surface area contributed by atoms with Gasteiger partial charge in [0.15, 0.2) is 18.1 Å². The minimum Gasteiger partial charge on any atom is -0.486 e. The van der Waals surface area contributed by atoms with Gasteiger partial charge in [0.2, 0.25) is 0 Å². The van der Waals surface area contributed by atoms with Crippen LogP contribution < -0.4 is 19.5 Å². The summed E-state index contributed by atoms with van der Waals surface area (Å²) in [5.41, 5.74) is 2.96. The van der Waals surface area contributed by atoms with Crippen LogP contribution in [0.25, 0.3) is 11.1 Å². The summed E-state index contributed by atoms with van der Waals surface area (Å²) in [6.45, 7) is 2.96. The molecule has 0 aliphatic carbocycles. The first-order chi connectivity index (χ1) is 14.2. The highest BCUT2D eigenvalue weighted by Crippen LogP contribution is 2.33. The van der Waals surface area contributed by atoms with Crippen molar-refractivity contribution in [1.82, 2.24) is 5.32 Å². The van der Waals surface area contributed by atoms with Crippen LogP contribution in [0, 0.1) is 0 Å². The molecule has 0 bridgehead atoms. The summed E-state index contributed by atoms with van der Waals surface area (Å²) in [6, 6.07) is 23.2. The first-order valence-corrected chi connectivity index (χ1v) is 9.67. The standard InChI is InChI=1S/C24H23NO4/c1-17(19-11-12-22-23(15-19)28-14-13-27-22)25-24(26)16-29-21-10-6-5-9-20(21)18-7-3-2-4-8-18/h2-12,15,17H,13-14,16H2,1H3,(H,25,26)/t17-/m0/s1. The van der Waals surface area contributed by atoms with Crippen molar-refractivity contribution in [3.63, 3.8) is 0 Å². The fraction of sp³-hybridized carbons (Fsp3) is 0.208. The Balaban J connectivity index is 1.38. The molecule has 3 aromatic carbocycles. The second kappa shape index (κ2) is 8.69. The second-order valence-corrected chi connectivity index (χ2v) is 6.84. The molecule has 0 aromatic heterocycles. The molecule has 1 amide bonds. The van der Waals surface area contributed by atoms with E-state index in [4.69, 9.17) is 14.2 Å². The van der Waals surface area contributed by atoms with Crippen molar-refractivity contribution in [2.45, 2.75) is 13.0 Å². The molecule has 29 heavy (non-hydrogen) atoms. The SMILES string of the molecule is C[C@H](NC(=O)COc1ccccc1-c1ccccc1)c1ccc2c(c1)OCCO2. The number of carbonyl (C=O) groups is 1. The van der Waals surface area contributed by atoms with Crippen molar-refractivity contribution in [1.29, 1.82) is 0 Å². The molecule has 148 valence electrons. The zero-order valence-electron chi connectivity index (χ0n) is 16.3. The first-order valence-electron chi connectivity index (χ1n) is 9.67. The van der Waals surface area contributed by atoms with Gasteiger partial charge in [0.25, 0.3) is 5.91 Å². The van der Waals surface area contributed by atoms with Gasteiger partial charge in [-0.25, -0.2) is 0 Å². The fourth-order valence-corrected chi connectivity index (χ4v) is 3.29. The van der Waals surface area contributed by atoms with Gasteiger partial charge in [-0.05, 0) is 36.2 Å². The molecule has 1 atom stereocenters. The van der Waals surface area contributed by atoms with Crippen LogP contribution in [0.4, 0.5) is 0 Å². The lowest BCUT2D eigenvalue weighted by Gasteiger charge is -2.21. The molecule has 1 aliphatic rings. The lowest BCUT2D eigenvalue weighted by Crippen LogP contribution is -2.31.